The van der Waals surface area contributed by atoms with Gasteiger partial charge >= 0.3 is 0 Å². The maximum absolute atomic E-state index is 12.7. The van der Waals surface area contributed by atoms with E-state index in [9.17, 15) is 9.90 Å². The van der Waals surface area contributed by atoms with Gasteiger partial charge in [0.15, 0.2) is 5.78 Å². The van der Waals surface area contributed by atoms with Crippen LogP contribution in [-0.2, 0) is 10.3 Å². The van der Waals surface area contributed by atoms with Crippen molar-refractivity contribution in [1.29, 1.82) is 0 Å². The quantitative estimate of drug-likeness (QED) is 0.875. The van der Waals surface area contributed by atoms with Gasteiger partial charge in [0, 0.05) is 5.02 Å². The number of aliphatic hydroxyl groups excluding tert-OH is 1. The highest BCUT2D eigenvalue weighted by Gasteiger charge is 2.52. The number of rotatable bonds is 2. The monoisotopic (exact) mass is 281 g/mol. The Morgan fingerprint density at radius 2 is 2.00 bits per heavy atom. The van der Waals surface area contributed by atoms with Gasteiger partial charge in [-0.15, -0.1) is 0 Å². The van der Waals surface area contributed by atoms with Crippen LogP contribution in [0.1, 0.15) is 25.8 Å². The highest BCUT2D eigenvalue weighted by Crippen LogP contribution is 2.43. The second-order valence-corrected chi connectivity index (χ2v) is 5.87. The predicted octanol–water partition coefficient (Wildman–Crippen LogP) is 2.36. The van der Waals surface area contributed by atoms with Gasteiger partial charge in [0.25, 0.3) is 0 Å². The molecule has 2 rings (SSSR count). The van der Waals surface area contributed by atoms with E-state index in [1.165, 1.54) is 0 Å². The number of hydrogen-bond acceptors (Lipinski definition) is 3. The molecule has 1 aromatic carbocycles. The topological polar surface area (TPSA) is 49.3 Å². The van der Waals surface area contributed by atoms with E-state index in [0.29, 0.717) is 5.02 Å². The number of carbonyl (C=O) groups is 1. The van der Waals surface area contributed by atoms with E-state index in [0.717, 1.165) is 12.0 Å². The third kappa shape index (κ3) is 2.10. The third-order valence-corrected chi connectivity index (χ3v) is 4.68. The fourth-order valence-corrected chi connectivity index (χ4v) is 3.57. The van der Waals surface area contributed by atoms with Crippen molar-refractivity contribution in [2.45, 2.75) is 31.9 Å². The van der Waals surface area contributed by atoms with Gasteiger partial charge in [-0.1, -0.05) is 43.6 Å². The van der Waals surface area contributed by atoms with E-state index < -0.39 is 11.6 Å². The predicted molar refractivity (Wildman–Crippen MR) is 76.1 cm³/mol. The summed E-state index contributed by atoms with van der Waals surface area (Å²) in [6.07, 6.45) is -0.168. The Morgan fingerprint density at radius 3 is 2.58 bits per heavy atom. The molecule has 0 spiro atoms. The van der Waals surface area contributed by atoms with Crippen LogP contribution in [-0.4, -0.2) is 24.0 Å². The van der Waals surface area contributed by atoms with Crippen molar-refractivity contribution in [3.63, 3.8) is 0 Å². The van der Waals surface area contributed by atoms with E-state index in [2.05, 4.69) is 5.32 Å². The molecule has 0 radical (unpaired) electrons. The zero-order valence-electron chi connectivity index (χ0n) is 11.5. The number of aliphatic hydroxyl groups is 1. The van der Waals surface area contributed by atoms with Crippen molar-refractivity contribution in [2.75, 3.05) is 7.05 Å². The van der Waals surface area contributed by atoms with Crippen LogP contribution in [0.15, 0.2) is 24.3 Å². The normalized spacial score (nSPS) is 35.4. The van der Waals surface area contributed by atoms with Crippen LogP contribution in [0.2, 0.25) is 5.02 Å². The van der Waals surface area contributed by atoms with Crippen LogP contribution in [0, 0.1) is 11.8 Å². The minimum Gasteiger partial charge on any atom is -0.385 e. The standard InChI is InChI=1S/C15H20ClNO2/c1-9-8-10(2)15(17-3,14(19)13(9)18)11-6-4-5-7-12(11)16/h4-7,9-10,13,17-18H,8H2,1-3H3/t9-,10+,13-,15-/m1/s1. The third-order valence-electron chi connectivity index (χ3n) is 4.35. The van der Waals surface area contributed by atoms with Gasteiger partial charge in [-0.3, -0.25) is 4.79 Å². The molecule has 0 aromatic heterocycles. The zero-order valence-corrected chi connectivity index (χ0v) is 12.2. The van der Waals surface area contributed by atoms with Gasteiger partial charge in [0.1, 0.15) is 11.6 Å². The molecule has 0 saturated heterocycles. The maximum Gasteiger partial charge on any atom is 0.186 e. The van der Waals surface area contributed by atoms with Crippen LogP contribution in [0.3, 0.4) is 0 Å². The number of Topliss-reactive ketones (excluding diaryl/α,β-unsaturated/α-hetero) is 1. The van der Waals surface area contributed by atoms with Crippen LogP contribution in [0.4, 0.5) is 0 Å². The smallest absolute Gasteiger partial charge is 0.186 e. The molecule has 0 amide bonds. The van der Waals surface area contributed by atoms with Gasteiger partial charge in [-0.05, 0) is 36.9 Å². The highest BCUT2D eigenvalue weighted by atomic mass is 35.5. The molecule has 2 N–H and O–H groups in total. The molecule has 1 aromatic rings. The Labute approximate surface area is 119 Å². The number of nitrogens with one attached hydrogen (secondary N) is 1. The van der Waals surface area contributed by atoms with E-state index in [1.807, 2.05) is 32.0 Å². The Morgan fingerprint density at radius 1 is 1.37 bits per heavy atom. The van der Waals surface area contributed by atoms with Gasteiger partial charge in [-0.2, -0.15) is 0 Å². The maximum atomic E-state index is 12.7. The van der Waals surface area contributed by atoms with Gasteiger partial charge < -0.3 is 10.4 Å². The first-order valence-electron chi connectivity index (χ1n) is 6.61. The van der Waals surface area contributed by atoms with Crippen LogP contribution < -0.4 is 5.32 Å². The SMILES string of the molecule is CN[C@]1(c2ccccc2Cl)C(=O)[C@H](O)[C@H](C)C[C@@H]1C. The number of ketones is 1. The minimum atomic E-state index is -0.945. The van der Waals surface area contributed by atoms with Gasteiger partial charge in [0.2, 0.25) is 0 Å². The second-order valence-electron chi connectivity index (χ2n) is 5.46. The van der Waals surface area contributed by atoms with Gasteiger partial charge in [-0.25, -0.2) is 0 Å². The van der Waals surface area contributed by atoms with Crippen molar-refractivity contribution in [2.24, 2.45) is 11.8 Å². The molecule has 1 aliphatic carbocycles. The lowest BCUT2D eigenvalue weighted by molar-refractivity contribution is -0.144. The van der Waals surface area contributed by atoms with E-state index in [1.54, 1.807) is 13.1 Å². The minimum absolute atomic E-state index is 0.0218. The molecule has 104 valence electrons. The molecule has 1 fully saturated rings. The number of benzene rings is 1. The molecule has 1 saturated carbocycles. The van der Waals surface area contributed by atoms with Crippen LogP contribution in [0.5, 0.6) is 0 Å². The van der Waals surface area contributed by atoms with E-state index in [4.69, 9.17) is 11.6 Å². The van der Waals surface area contributed by atoms with Crippen LogP contribution >= 0.6 is 11.6 Å². The fraction of sp³-hybridized carbons (Fsp3) is 0.533. The number of likely N-dealkylation sites (N-methyl/N-ethyl adjacent to an activating group) is 1. The number of halogens is 1. The summed E-state index contributed by atoms with van der Waals surface area (Å²) in [5.74, 6) is -0.135. The van der Waals surface area contributed by atoms with Crippen LogP contribution in [0.25, 0.3) is 0 Å². The summed E-state index contributed by atoms with van der Waals surface area (Å²) in [6.45, 7) is 3.94. The van der Waals surface area contributed by atoms with Crippen molar-refractivity contribution in [1.82, 2.24) is 5.32 Å². The molecule has 19 heavy (non-hydrogen) atoms. The first-order valence-corrected chi connectivity index (χ1v) is 6.99. The lowest BCUT2D eigenvalue weighted by Gasteiger charge is -2.45. The summed E-state index contributed by atoms with van der Waals surface area (Å²) < 4.78 is 0. The fourth-order valence-electron chi connectivity index (χ4n) is 3.28. The molecule has 4 heteroatoms. The first kappa shape index (κ1) is 14.5. The van der Waals surface area contributed by atoms with Gasteiger partial charge in [0.05, 0.1) is 0 Å². The van der Waals surface area contributed by atoms with E-state index in [-0.39, 0.29) is 17.6 Å². The summed E-state index contributed by atoms with van der Waals surface area (Å²) in [5, 5.41) is 13.8. The molecule has 3 nitrogen and oxygen atoms in total. The molecule has 0 unspecified atom stereocenters. The highest BCUT2D eigenvalue weighted by molar-refractivity contribution is 6.31. The molecule has 1 aliphatic rings. The largest absolute Gasteiger partial charge is 0.385 e. The Kier molecular flexibility index (Phi) is 4.00. The lowest BCUT2D eigenvalue weighted by Crippen LogP contribution is -2.61. The molecule has 0 aliphatic heterocycles. The molecule has 0 heterocycles. The molecule has 0 bridgehead atoms. The summed E-state index contributed by atoms with van der Waals surface area (Å²) in [7, 11) is 1.75. The zero-order chi connectivity index (χ0) is 14.2. The van der Waals surface area contributed by atoms with Crippen molar-refractivity contribution >= 4 is 17.4 Å². The Hall–Kier alpha value is -0.900. The lowest BCUT2D eigenvalue weighted by atomic mass is 9.64. The summed E-state index contributed by atoms with van der Waals surface area (Å²) in [4.78, 5) is 12.7. The summed E-state index contributed by atoms with van der Waals surface area (Å²) >= 11 is 6.27. The molecular formula is C15H20ClNO2. The number of carbonyl (C=O) groups excluding carboxylic acids is 1. The number of hydrogen-bond donors (Lipinski definition) is 2. The molecule has 4 atom stereocenters. The average Bonchev–Trinajstić information content (AvgIpc) is 2.39. The summed E-state index contributed by atoms with van der Waals surface area (Å²) in [6, 6.07) is 7.34. The molecular weight excluding hydrogens is 262 g/mol. The van der Waals surface area contributed by atoms with Crippen molar-refractivity contribution < 1.29 is 9.90 Å². The average molecular weight is 282 g/mol. The summed E-state index contributed by atoms with van der Waals surface area (Å²) in [5.41, 5.74) is -0.146. The second kappa shape index (κ2) is 5.23. The Bertz CT molecular complexity index is 491. The van der Waals surface area contributed by atoms with E-state index >= 15 is 0 Å². The first-order chi connectivity index (χ1) is 8.95. The van der Waals surface area contributed by atoms with Crippen molar-refractivity contribution in [3.8, 4) is 0 Å². The Balaban J connectivity index is 2.59. The van der Waals surface area contributed by atoms with Crippen molar-refractivity contribution in [3.05, 3.63) is 34.9 Å².